The summed E-state index contributed by atoms with van der Waals surface area (Å²) in [6.07, 6.45) is 1.82. The molecule has 0 radical (unpaired) electrons. The Kier molecular flexibility index (Phi) is 5.29. The van der Waals surface area contributed by atoms with Crippen molar-refractivity contribution in [1.29, 1.82) is 0 Å². The van der Waals surface area contributed by atoms with Crippen molar-refractivity contribution in [2.75, 3.05) is 4.90 Å². The lowest BCUT2D eigenvalue weighted by molar-refractivity contribution is -0.113. The first-order valence-electron chi connectivity index (χ1n) is 8.74. The maximum atomic E-state index is 13.2. The van der Waals surface area contributed by atoms with Crippen molar-refractivity contribution in [2.45, 2.75) is 6.92 Å². The molecule has 28 heavy (non-hydrogen) atoms. The molecule has 3 aromatic carbocycles. The third kappa shape index (κ3) is 3.86. The van der Waals surface area contributed by atoms with Gasteiger partial charge in [0.05, 0.1) is 5.69 Å². The Bertz CT molecular complexity index is 1080. The number of amides is 1. The van der Waals surface area contributed by atoms with Crippen molar-refractivity contribution in [3.63, 3.8) is 0 Å². The van der Waals surface area contributed by atoms with Crippen molar-refractivity contribution in [1.82, 2.24) is 0 Å². The van der Waals surface area contributed by atoms with Gasteiger partial charge in [-0.15, -0.1) is 0 Å². The van der Waals surface area contributed by atoms with E-state index >= 15 is 0 Å². The van der Waals surface area contributed by atoms with Crippen LogP contribution in [-0.4, -0.2) is 11.7 Å². The highest BCUT2D eigenvalue weighted by atomic mass is 79.9. The monoisotopic (exact) mass is 494 g/mol. The van der Waals surface area contributed by atoms with Gasteiger partial charge in [0.25, 0.3) is 5.91 Å². The molecule has 0 bridgehead atoms. The molecular formula is C23H16Br2N2O. The average Bonchev–Trinajstić information content (AvgIpc) is 3.01. The molecule has 138 valence electrons. The molecule has 5 heteroatoms. The Hall–Kier alpha value is -2.50. The summed E-state index contributed by atoms with van der Waals surface area (Å²) in [5.74, 6) is 0.495. The topological polar surface area (TPSA) is 32.7 Å². The van der Waals surface area contributed by atoms with Gasteiger partial charge in [0, 0.05) is 14.5 Å². The van der Waals surface area contributed by atoms with Gasteiger partial charge in [0.1, 0.15) is 11.5 Å². The summed E-state index contributed by atoms with van der Waals surface area (Å²) in [6.45, 7) is 2.03. The van der Waals surface area contributed by atoms with E-state index in [1.54, 1.807) is 4.90 Å². The molecule has 3 aromatic rings. The van der Waals surface area contributed by atoms with Crippen LogP contribution < -0.4 is 4.90 Å². The van der Waals surface area contributed by atoms with Crippen molar-refractivity contribution >= 4 is 55.4 Å². The van der Waals surface area contributed by atoms with Crippen LogP contribution in [0.3, 0.4) is 0 Å². The maximum absolute atomic E-state index is 13.2. The zero-order valence-electron chi connectivity index (χ0n) is 15.1. The highest BCUT2D eigenvalue weighted by molar-refractivity contribution is 9.10. The van der Waals surface area contributed by atoms with Gasteiger partial charge in [-0.05, 0) is 55.0 Å². The van der Waals surface area contributed by atoms with E-state index in [2.05, 4.69) is 31.9 Å². The van der Waals surface area contributed by atoms with Gasteiger partial charge < -0.3 is 0 Å². The Morgan fingerprint density at radius 3 is 2.00 bits per heavy atom. The number of aliphatic imine (C=N–C) groups is 1. The summed E-state index contributed by atoms with van der Waals surface area (Å²) in [6, 6.07) is 23.5. The molecule has 1 amide bonds. The first kappa shape index (κ1) is 18.8. The average molecular weight is 496 g/mol. The number of benzene rings is 3. The molecule has 0 saturated heterocycles. The first-order valence-corrected chi connectivity index (χ1v) is 10.3. The number of amidine groups is 1. The standard InChI is InChI=1S/C23H16Br2N2O/c1-15-2-12-20(13-3-15)27-22(17-6-10-19(25)11-7-17)26-21(23(27)28)14-16-4-8-18(24)9-5-16/h2-14H,1H3/b21-14+. The molecule has 1 heterocycles. The quantitative estimate of drug-likeness (QED) is 0.389. The van der Waals surface area contributed by atoms with E-state index in [0.717, 1.165) is 31.3 Å². The maximum Gasteiger partial charge on any atom is 0.282 e. The summed E-state index contributed by atoms with van der Waals surface area (Å²) in [5, 5.41) is 0. The molecule has 0 N–H and O–H groups in total. The van der Waals surface area contributed by atoms with E-state index in [-0.39, 0.29) is 5.91 Å². The highest BCUT2D eigenvalue weighted by Gasteiger charge is 2.32. The lowest BCUT2D eigenvalue weighted by Crippen LogP contribution is -2.32. The lowest BCUT2D eigenvalue weighted by atomic mass is 10.1. The fraction of sp³-hybridized carbons (Fsp3) is 0.0435. The van der Waals surface area contributed by atoms with Crippen molar-refractivity contribution in [3.05, 3.63) is 104 Å². The fourth-order valence-corrected chi connectivity index (χ4v) is 3.49. The number of hydrogen-bond acceptors (Lipinski definition) is 2. The van der Waals surface area contributed by atoms with E-state index in [4.69, 9.17) is 4.99 Å². The van der Waals surface area contributed by atoms with Crippen LogP contribution in [0.5, 0.6) is 0 Å². The van der Waals surface area contributed by atoms with Gasteiger partial charge in [0.15, 0.2) is 0 Å². The minimum Gasteiger partial charge on any atom is -0.266 e. The number of carbonyl (C=O) groups excluding carboxylic acids is 1. The number of carbonyl (C=O) groups is 1. The third-order valence-corrected chi connectivity index (χ3v) is 5.49. The third-order valence-electron chi connectivity index (χ3n) is 4.43. The molecule has 0 fully saturated rings. The van der Waals surface area contributed by atoms with Crippen LogP contribution in [0.2, 0.25) is 0 Å². The number of nitrogens with zero attached hydrogens (tertiary/aromatic N) is 2. The van der Waals surface area contributed by atoms with E-state index in [9.17, 15) is 4.79 Å². The molecule has 4 rings (SSSR count). The van der Waals surface area contributed by atoms with Crippen molar-refractivity contribution in [3.8, 4) is 0 Å². The number of aryl methyl sites for hydroxylation is 1. The normalized spacial score (nSPS) is 15.2. The zero-order chi connectivity index (χ0) is 19.7. The zero-order valence-corrected chi connectivity index (χ0v) is 18.2. The van der Waals surface area contributed by atoms with Gasteiger partial charge >= 0.3 is 0 Å². The Morgan fingerprint density at radius 1 is 0.821 bits per heavy atom. The molecule has 0 saturated carbocycles. The number of hydrogen-bond donors (Lipinski definition) is 0. The predicted octanol–water partition coefficient (Wildman–Crippen LogP) is 6.35. The van der Waals surface area contributed by atoms with Crippen LogP contribution in [0, 0.1) is 6.92 Å². The van der Waals surface area contributed by atoms with Crippen LogP contribution in [0.15, 0.2) is 92.4 Å². The SMILES string of the molecule is Cc1ccc(N2C(=O)/C(=C\c3ccc(Br)cc3)N=C2c2ccc(Br)cc2)cc1. The molecule has 1 aliphatic heterocycles. The molecule has 0 spiro atoms. The molecule has 0 aromatic heterocycles. The van der Waals surface area contributed by atoms with Gasteiger partial charge in [-0.1, -0.05) is 73.8 Å². The van der Waals surface area contributed by atoms with Gasteiger partial charge in [-0.3, -0.25) is 9.69 Å². The second-order valence-corrected chi connectivity index (χ2v) is 8.33. The molecule has 3 nitrogen and oxygen atoms in total. The van der Waals surface area contributed by atoms with Crippen LogP contribution in [0.1, 0.15) is 16.7 Å². The molecular weight excluding hydrogens is 480 g/mol. The second kappa shape index (κ2) is 7.86. The van der Waals surface area contributed by atoms with Crippen LogP contribution >= 0.6 is 31.9 Å². The largest absolute Gasteiger partial charge is 0.282 e. The fourth-order valence-electron chi connectivity index (χ4n) is 2.96. The second-order valence-electron chi connectivity index (χ2n) is 6.50. The minimum absolute atomic E-state index is 0.135. The number of rotatable bonds is 3. The minimum atomic E-state index is -0.135. The highest BCUT2D eigenvalue weighted by Crippen LogP contribution is 2.28. The van der Waals surface area contributed by atoms with E-state index < -0.39 is 0 Å². The van der Waals surface area contributed by atoms with E-state index in [0.29, 0.717) is 11.5 Å². The van der Waals surface area contributed by atoms with Gasteiger partial charge in [-0.25, -0.2) is 4.99 Å². The summed E-state index contributed by atoms with van der Waals surface area (Å²) in [7, 11) is 0. The van der Waals surface area contributed by atoms with Crippen molar-refractivity contribution < 1.29 is 4.79 Å². The molecule has 0 atom stereocenters. The van der Waals surface area contributed by atoms with E-state index in [1.165, 1.54) is 0 Å². The first-order chi connectivity index (χ1) is 13.5. The Balaban J connectivity index is 1.81. The summed E-state index contributed by atoms with van der Waals surface area (Å²) >= 11 is 6.89. The number of anilines is 1. The van der Waals surface area contributed by atoms with Gasteiger partial charge in [0.2, 0.25) is 0 Å². The van der Waals surface area contributed by atoms with E-state index in [1.807, 2.05) is 85.8 Å². The Morgan fingerprint density at radius 2 is 1.39 bits per heavy atom. The predicted molar refractivity (Wildman–Crippen MR) is 121 cm³/mol. The number of halogens is 2. The van der Waals surface area contributed by atoms with Crippen molar-refractivity contribution in [2.24, 2.45) is 4.99 Å². The van der Waals surface area contributed by atoms with Crippen LogP contribution in [0.4, 0.5) is 5.69 Å². The summed E-state index contributed by atoms with van der Waals surface area (Å²) in [4.78, 5) is 19.6. The lowest BCUT2D eigenvalue weighted by Gasteiger charge is -2.18. The Labute approximate surface area is 180 Å². The summed E-state index contributed by atoms with van der Waals surface area (Å²) in [5.41, 5.74) is 4.17. The van der Waals surface area contributed by atoms with Gasteiger partial charge in [-0.2, -0.15) is 0 Å². The smallest absolute Gasteiger partial charge is 0.266 e. The molecule has 0 unspecified atom stereocenters. The van der Waals surface area contributed by atoms with Crippen LogP contribution in [-0.2, 0) is 4.79 Å². The summed E-state index contributed by atoms with van der Waals surface area (Å²) < 4.78 is 1.97. The van der Waals surface area contributed by atoms with Crippen LogP contribution in [0.25, 0.3) is 6.08 Å². The molecule has 1 aliphatic rings. The molecule has 0 aliphatic carbocycles.